The molecule has 9 unspecified atom stereocenters. The average molecular weight is 685 g/mol. The van der Waals surface area contributed by atoms with E-state index >= 15 is 0 Å². The molecule has 4 aliphatic carbocycles. The Morgan fingerprint density at radius 3 is 2.32 bits per heavy atom. The molecule has 6 rings (SSSR count). The smallest absolute Gasteiger partial charge is 0.335 e. The van der Waals surface area contributed by atoms with E-state index < -0.39 is 5.97 Å². The zero-order valence-electron chi connectivity index (χ0n) is 32.4. The van der Waals surface area contributed by atoms with E-state index in [0.717, 1.165) is 63.2 Å². The van der Waals surface area contributed by atoms with Crippen molar-refractivity contribution in [2.75, 3.05) is 26.2 Å². The summed E-state index contributed by atoms with van der Waals surface area (Å²) in [6.45, 7) is 23.2. The van der Waals surface area contributed by atoms with Gasteiger partial charge in [0.2, 0.25) is 5.91 Å². The van der Waals surface area contributed by atoms with Crippen LogP contribution in [0.4, 0.5) is 0 Å². The topological polar surface area (TPSA) is 69.6 Å². The average Bonchev–Trinajstić information content (AvgIpc) is 3.47. The molecule has 1 aromatic carbocycles. The lowest BCUT2D eigenvalue weighted by Crippen LogP contribution is -2.51. The Kier molecular flexibility index (Phi) is 11.1. The van der Waals surface area contributed by atoms with E-state index in [-0.39, 0.29) is 10.8 Å². The number of carboxylic acids is 1. The zero-order valence-corrected chi connectivity index (χ0v) is 32.4. The zero-order chi connectivity index (χ0) is 35.8. The molecule has 0 radical (unpaired) electrons. The highest BCUT2D eigenvalue weighted by atomic mass is 16.4. The lowest BCUT2D eigenvalue weighted by atomic mass is 9.45. The molecule has 0 spiro atoms. The second-order valence-electron chi connectivity index (χ2n) is 18.7. The summed E-state index contributed by atoms with van der Waals surface area (Å²) in [4.78, 5) is 26.5. The van der Waals surface area contributed by atoms with Gasteiger partial charge in [0.1, 0.15) is 0 Å². The van der Waals surface area contributed by atoms with Crippen molar-refractivity contribution in [3.05, 3.63) is 53.6 Å². The van der Waals surface area contributed by atoms with E-state index in [1.807, 2.05) is 12.1 Å². The molecule has 1 saturated heterocycles. The number of likely N-dealkylation sites (tertiary alicyclic amines) is 1. The minimum Gasteiger partial charge on any atom is -0.478 e. The van der Waals surface area contributed by atoms with Crippen LogP contribution < -0.4 is 5.32 Å². The number of aromatic carboxylic acids is 1. The molecule has 1 amide bonds. The molecule has 0 bridgehead atoms. The fourth-order valence-electron chi connectivity index (χ4n) is 12.9. The van der Waals surface area contributed by atoms with Gasteiger partial charge in [-0.05, 0) is 158 Å². The van der Waals surface area contributed by atoms with Gasteiger partial charge in [-0.3, -0.25) is 4.79 Å². The maximum atomic E-state index is 12.9. The van der Waals surface area contributed by atoms with Crippen LogP contribution in [0.1, 0.15) is 141 Å². The van der Waals surface area contributed by atoms with Gasteiger partial charge in [-0.2, -0.15) is 0 Å². The monoisotopic (exact) mass is 685 g/mol. The first kappa shape index (κ1) is 37.4. The van der Waals surface area contributed by atoms with Crippen molar-refractivity contribution in [3.8, 4) is 0 Å². The van der Waals surface area contributed by atoms with Crippen LogP contribution in [0.5, 0.6) is 0 Å². The van der Waals surface area contributed by atoms with Crippen molar-refractivity contribution < 1.29 is 14.7 Å². The Morgan fingerprint density at radius 2 is 1.64 bits per heavy atom. The molecule has 5 aliphatic rings. The molecule has 5 heteroatoms. The summed E-state index contributed by atoms with van der Waals surface area (Å²) in [5, 5.41) is 13.3. The van der Waals surface area contributed by atoms with Crippen molar-refractivity contribution in [1.82, 2.24) is 10.2 Å². The Hall–Kier alpha value is -2.40. The molecule has 1 heterocycles. The quantitative estimate of drug-likeness (QED) is 0.180. The van der Waals surface area contributed by atoms with Crippen molar-refractivity contribution in [2.24, 2.45) is 57.7 Å². The first-order valence-corrected chi connectivity index (χ1v) is 20.5. The van der Waals surface area contributed by atoms with Crippen molar-refractivity contribution in [1.29, 1.82) is 0 Å². The van der Waals surface area contributed by atoms with E-state index in [2.05, 4.69) is 64.4 Å². The molecule has 9 atom stereocenters. The molecule has 3 saturated carbocycles. The van der Waals surface area contributed by atoms with Crippen LogP contribution in [0.15, 0.2) is 42.5 Å². The number of carbonyl (C=O) groups is 2. The second kappa shape index (κ2) is 14.9. The van der Waals surface area contributed by atoms with E-state index in [9.17, 15) is 14.7 Å². The molecular formula is C45H68N2O3. The number of rotatable bonds is 11. The van der Waals surface area contributed by atoms with Gasteiger partial charge in [0.25, 0.3) is 0 Å². The number of carbonyl (C=O) groups excluding carboxylic acids is 1. The Morgan fingerprint density at radius 1 is 0.940 bits per heavy atom. The number of nitrogens with zero attached hydrogens (tertiary/aromatic N) is 1. The summed E-state index contributed by atoms with van der Waals surface area (Å²) in [6, 6.07) is 7.59. The van der Waals surface area contributed by atoms with Gasteiger partial charge in [-0.1, -0.05) is 71.4 Å². The lowest BCUT2D eigenvalue weighted by Gasteiger charge is -2.59. The fraction of sp³-hybridized carbons (Fsp3) is 0.733. The second-order valence-corrected chi connectivity index (χ2v) is 18.7. The summed E-state index contributed by atoms with van der Waals surface area (Å²) in [5.74, 6) is 4.24. The first-order valence-electron chi connectivity index (χ1n) is 20.5. The number of hydrogen-bond donors (Lipinski definition) is 2. The van der Waals surface area contributed by atoms with Gasteiger partial charge < -0.3 is 15.3 Å². The Labute approximate surface area is 304 Å². The summed E-state index contributed by atoms with van der Waals surface area (Å²) in [6.07, 6.45) is 18.2. The molecule has 5 nitrogen and oxygen atoms in total. The van der Waals surface area contributed by atoms with Gasteiger partial charge in [-0.25, -0.2) is 4.79 Å². The van der Waals surface area contributed by atoms with Crippen LogP contribution in [-0.2, 0) is 4.79 Å². The summed E-state index contributed by atoms with van der Waals surface area (Å²) in [7, 11) is 0. The summed E-state index contributed by atoms with van der Waals surface area (Å²) < 4.78 is 0. The predicted octanol–water partition coefficient (Wildman–Crippen LogP) is 10.3. The molecule has 50 heavy (non-hydrogen) atoms. The van der Waals surface area contributed by atoms with Crippen LogP contribution in [0.2, 0.25) is 0 Å². The molecule has 276 valence electrons. The number of nitrogens with one attached hydrogen (secondary N) is 1. The first-order chi connectivity index (χ1) is 23.8. The molecular weight excluding hydrogens is 617 g/mol. The van der Waals surface area contributed by atoms with Crippen molar-refractivity contribution in [2.45, 2.75) is 125 Å². The highest BCUT2D eigenvalue weighted by Crippen LogP contribution is 2.65. The van der Waals surface area contributed by atoms with Gasteiger partial charge in [-0.15, -0.1) is 0 Å². The van der Waals surface area contributed by atoms with Crippen LogP contribution >= 0.6 is 0 Å². The predicted molar refractivity (Wildman–Crippen MR) is 206 cm³/mol. The minimum absolute atomic E-state index is 0.0287. The number of hydrogen-bond acceptors (Lipinski definition) is 3. The minimum atomic E-state index is -0.863. The highest BCUT2D eigenvalue weighted by molar-refractivity contribution is 5.88. The largest absolute Gasteiger partial charge is 0.478 e. The van der Waals surface area contributed by atoms with E-state index in [4.69, 9.17) is 0 Å². The van der Waals surface area contributed by atoms with Crippen LogP contribution in [0, 0.1) is 57.7 Å². The number of fused-ring (bicyclic) bond motifs is 2. The Bertz CT molecular complexity index is 1420. The number of allylic oxidation sites excluding steroid dienone is 3. The van der Waals surface area contributed by atoms with E-state index in [0.29, 0.717) is 47.0 Å². The fourth-order valence-corrected chi connectivity index (χ4v) is 12.9. The normalized spacial score (nSPS) is 36.6. The molecule has 1 aliphatic heterocycles. The molecule has 1 aromatic rings. The number of piperidine rings is 1. The third-order valence-electron chi connectivity index (χ3n) is 15.5. The number of carboxylic acid groups (broad SMARTS) is 1. The maximum Gasteiger partial charge on any atom is 0.335 e. The van der Waals surface area contributed by atoms with Crippen LogP contribution in [-0.4, -0.2) is 48.1 Å². The van der Waals surface area contributed by atoms with Crippen molar-refractivity contribution >= 4 is 17.4 Å². The van der Waals surface area contributed by atoms with Crippen LogP contribution in [0.25, 0.3) is 5.57 Å². The van der Waals surface area contributed by atoms with Gasteiger partial charge in [0, 0.05) is 32.6 Å². The highest BCUT2D eigenvalue weighted by Gasteiger charge is 2.57. The summed E-state index contributed by atoms with van der Waals surface area (Å²) in [5.41, 5.74) is 4.93. The van der Waals surface area contributed by atoms with Crippen molar-refractivity contribution in [3.63, 3.8) is 0 Å². The lowest BCUT2D eigenvalue weighted by molar-refractivity contribution is -0.132. The van der Waals surface area contributed by atoms with E-state index in [1.54, 1.807) is 12.1 Å². The Balaban J connectivity index is 1.17. The molecule has 0 aromatic heterocycles. The number of benzene rings is 1. The van der Waals surface area contributed by atoms with E-state index in [1.165, 1.54) is 74.5 Å². The third-order valence-corrected chi connectivity index (χ3v) is 15.5. The van der Waals surface area contributed by atoms with Gasteiger partial charge >= 0.3 is 5.97 Å². The molecule has 2 N–H and O–H groups in total. The summed E-state index contributed by atoms with van der Waals surface area (Å²) >= 11 is 0. The maximum absolute atomic E-state index is 12.9. The standard InChI is InChI=1S/C45H68N2O3/c1-30(2)35-20-25-45(29-46-26-22-40(48)47-27-9-8-10-28-47)24-19-31(3)36(41(35)45)16-17-37-32(4)11-18-39-43(5,6)38(21-23-44(37,39)7)33-12-14-34(15-13-33)42(49)50/h12-15,21,31-32,35-37,39,41,46H,1,8-11,16-20,22-29H2,2-7H3,(H,49,50). The number of amides is 1. The van der Waals surface area contributed by atoms with Crippen LogP contribution in [0.3, 0.4) is 0 Å². The third kappa shape index (κ3) is 7.03. The van der Waals surface area contributed by atoms with Gasteiger partial charge in [0.15, 0.2) is 0 Å². The van der Waals surface area contributed by atoms with Gasteiger partial charge in [0.05, 0.1) is 5.56 Å². The SMILES string of the molecule is C=C(C)C1CCC2(CNCCC(=O)N3CCCCC3)CCC(C)C(CCC3C(C)CCC4C(C)(C)C(c5ccc(C(=O)O)cc5)=CCC34C)C12. The molecule has 4 fully saturated rings.